The lowest BCUT2D eigenvalue weighted by Crippen LogP contribution is -2.38. The molecule has 3 heteroatoms. The van der Waals surface area contributed by atoms with E-state index < -0.39 is 0 Å². The second-order valence-electron chi connectivity index (χ2n) is 6.38. The van der Waals surface area contributed by atoms with Gasteiger partial charge in [0.05, 0.1) is 0 Å². The molecule has 0 aromatic heterocycles. The Morgan fingerprint density at radius 3 is 2.63 bits per heavy atom. The fraction of sp³-hybridized carbons (Fsp3) is 0.625. The first-order valence-corrected chi connectivity index (χ1v) is 7.87. The average molecular weight is 328 g/mol. The summed E-state index contributed by atoms with van der Waals surface area (Å²) >= 11 is 3.48. The highest BCUT2D eigenvalue weighted by Gasteiger charge is 2.32. The second kappa shape index (κ2) is 5.92. The lowest BCUT2D eigenvalue weighted by atomic mass is 9.74. The minimum absolute atomic E-state index is 0.182. The molecule has 106 valence electrons. The van der Waals surface area contributed by atoms with Gasteiger partial charge < -0.3 is 5.32 Å². The van der Waals surface area contributed by atoms with Gasteiger partial charge in [0, 0.05) is 17.1 Å². The van der Waals surface area contributed by atoms with Gasteiger partial charge in [0.25, 0.3) is 0 Å². The SMILES string of the molecule is CC(C)C(C)(CNC1CC1)Cc1ccc(F)cc1Br. The van der Waals surface area contributed by atoms with Crippen LogP contribution in [0.1, 0.15) is 39.2 Å². The molecule has 0 bridgehead atoms. The Bertz CT molecular complexity index is 442. The smallest absolute Gasteiger partial charge is 0.124 e. The summed E-state index contributed by atoms with van der Waals surface area (Å²) in [6.07, 6.45) is 3.59. The van der Waals surface area contributed by atoms with Gasteiger partial charge in [-0.15, -0.1) is 0 Å². The normalized spacial score (nSPS) is 18.6. The van der Waals surface area contributed by atoms with Crippen molar-refractivity contribution in [2.45, 2.75) is 46.1 Å². The van der Waals surface area contributed by atoms with Gasteiger partial charge in [-0.05, 0) is 48.3 Å². The van der Waals surface area contributed by atoms with Gasteiger partial charge in [0.15, 0.2) is 0 Å². The Labute approximate surface area is 124 Å². The van der Waals surface area contributed by atoms with Crippen LogP contribution in [0.2, 0.25) is 0 Å². The van der Waals surface area contributed by atoms with Crippen LogP contribution in [0.5, 0.6) is 0 Å². The summed E-state index contributed by atoms with van der Waals surface area (Å²) < 4.78 is 14.0. The molecule has 1 aromatic rings. The van der Waals surface area contributed by atoms with E-state index in [4.69, 9.17) is 0 Å². The molecule has 0 spiro atoms. The maximum absolute atomic E-state index is 13.2. The fourth-order valence-corrected chi connectivity index (χ4v) is 2.73. The van der Waals surface area contributed by atoms with E-state index in [9.17, 15) is 4.39 Å². The molecule has 0 radical (unpaired) electrons. The van der Waals surface area contributed by atoms with Crippen molar-refractivity contribution in [1.29, 1.82) is 0 Å². The van der Waals surface area contributed by atoms with Crippen LogP contribution >= 0.6 is 15.9 Å². The largest absolute Gasteiger partial charge is 0.313 e. The molecule has 2 rings (SSSR count). The maximum Gasteiger partial charge on any atom is 0.124 e. The summed E-state index contributed by atoms with van der Waals surface area (Å²) in [5.41, 5.74) is 1.39. The summed E-state index contributed by atoms with van der Waals surface area (Å²) in [4.78, 5) is 0. The molecule has 1 aliphatic carbocycles. The summed E-state index contributed by atoms with van der Waals surface area (Å²) in [7, 11) is 0. The quantitative estimate of drug-likeness (QED) is 0.808. The molecule has 1 unspecified atom stereocenters. The summed E-state index contributed by atoms with van der Waals surface area (Å²) in [6, 6.07) is 5.74. The maximum atomic E-state index is 13.2. The second-order valence-corrected chi connectivity index (χ2v) is 7.23. The van der Waals surface area contributed by atoms with Gasteiger partial charge in [-0.2, -0.15) is 0 Å². The minimum Gasteiger partial charge on any atom is -0.313 e. The Morgan fingerprint density at radius 2 is 2.11 bits per heavy atom. The van der Waals surface area contributed by atoms with Crippen LogP contribution in [0.15, 0.2) is 22.7 Å². The highest BCUT2D eigenvalue weighted by Crippen LogP contribution is 2.34. The van der Waals surface area contributed by atoms with E-state index in [0.29, 0.717) is 5.92 Å². The molecular weight excluding hydrogens is 305 g/mol. The van der Waals surface area contributed by atoms with Crippen LogP contribution in [0, 0.1) is 17.2 Å². The lowest BCUT2D eigenvalue weighted by molar-refractivity contribution is 0.206. The monoisotopic (exact) mass is 327 g/mol. The highest BCUT2D eigenvalue weighted by atomic mass is 79.9. The summed E-state index contributed by atoms with van der Waals surface area (Å²) in [5, 5.41) is 3.64. The van der Waals surface area contributed by atoms with Crippen molar-refractivity contribution in [3.63, 3.8) is 0 Å². The van der Waals surface area contributed by atoms with E-state index in [1.54, 1.807) is 12.1 Å². The van der Waals surface area contributed by atoms with Crippen LogP contribution in [0.4, 0.5) is 4.39 Å². The van der Waals surface area contributed by atoms with E-state index >= 15 is 0 Å². The third-order valence-corrected chi connectivity index (χ3v) is 5.11. The van der Waals surface area contributed by atoms with E-state index in [1.807, 2.05) is 6.07 Å². The van der Waals surface area contributed by atoms with Crippen molar-refractivity contribution in [3.8, 4) is 0 Å². The van der Waals surface area contributed by atoms with Crippen molar-refractivity contribution in [3.05, 3.63) is 34.1 Å². The van der Waals surface area contributed by atoms with Gasteiger partial charge in [-0.25, -0.2) is 4.39 Å². The van der Waals surface area contributed by atoms with Crippen LogP contribution in [0.25, 0.3) is 0 Å². The number of hydrogen-bond donors (Lipinski definition) is 1. The van der Waals surface area contributed by atoms with E-state index in [-0.39, 0.29) is 11.2 Å². The van der Waals surface area contributed by atoms with Crippen molar-refractivity contribution in [2.75, 3.05) is 6.54 Å². The molecule has 1 N–H and O–H groups in total. The predicted octanol–water partition coefficient (Wildman–Crippen LogP) is 4.55. The zero-order chi connectivity index (χ0) is 14.0. The number of benzene rings is 1. The minimum atomic E-state index is -0.182. The van der Waals surface area contributed by atoms with Crippen LogP contribution in [-0.2, 0) is 6.42 Å². The fourth-order valence-electron chi connectivity index (χ4n) is 2.24. The zero-order valence-electron chi connectivity index (χ0n) is 12.0. The van der Waals surface area contributed by atoms with Crippen LogP contribution in [0.3, 0.4) is 0 Å². The Kier molecular flexibility index (Phi) is 4.67. The molecule has 1 saturated carbocycles. The molecule has 0 amide bonds. The van der Waals surface area contributed by atoms with Crippen molar-refractivity contribution in [1.82, 2.24) is 5.32 Å². The molecule has 1 aromatic carbocycles. The molecule has 1 atom stereocenters. The third kappa shape index (κ3) is 4.03. The summed E-state index contributed by atoms with van der Waals surface area (Å²) in [5.74, 6) is 0.397. The third-order valence-electron chi connectivity index (χ3n) is 4.38. The van der Waals surface area contributed by atoms with Crippen molar-refractivity contribution < 1.29 is 4.39 Å². The lowest BCUT2D eigenvalue weighted by Gasteiger charge is -2.35. The molecule has 0 aliphatic heterocycles. The molecule has 0 saturated heterocycles. The first-order valence-electron chi connectivity index (χ1n) is 7.08. The first-order chi connectivity index (χ1) is 8.90. The Hall–Kier alpha value is -0.410. The van der Waals surface area contributed by atoms with E-state index in [2.05, 4.69) is 42.0 Å². The van der Waals surface area contributed by atoms with Gasteiger partial charge in [0.2, 0.25) is 0 Å². The number of rotatable bonds is 6. The van der Waals surface area contributed by atoms with Gasteiger partial charge in [-0.1, -0.05) is 42.8 Å². The molecule has 1 aliphatic rings. The highest BCUT2D eigenvalue weighted by molar-refractivity contribution is 9.10. The number of nitrogens with one attached hydrogen (secondary N) is 1. The van der Waals surface area contributed by atoms with Crippen LogP contribution in [-0.4, -0.2) is 12.6 Å². The summed E-state index contributed by atoms with van der Waals surface area (Å²) in [6.45, 7) is 7.89. The van der Waals surface area contributed by atoms with Gasteiger partial charge >= 0.3 is 0 Å². The molecular formula is C16H23BrFN. The zero-order valence-corrected chi connectivity index (χ0v) is 13.6. The van der Waals surface area contributed by atoms with Gasteiger partial charge in [-0.3, -0.25) is 0 Å². The number of halogens is 2. The van der Waals surface area contributed by atoms with Gasteiger partial charge in [0.1, 0.15) is 5.82 Å². The molecule has 1 nitrogen and oxygen atoms in total. The van der Waals surface area contributed by atoms with E-state index in [0.717, 1.165) is 23.5 Å². The van der Waals surface area contributed by atoms with Crippen molar-refractivity contribution >= 4 is 15.9 Å². The first kappa shape index (κ1) is 15.0. The van der Waals surface area contributed by atoms with E-state index in [1.165, 1.54) is 18.4 Å². The Morgan fingerprint density at radius 1 is 1.42 bits per heavy atom. The molecule has 19 heavy (non-hydrogen) atoms. The topological polar surface area (TPSA) is 12.0 Å². The predicted molar refractivity (Wildman–Crippen MR) is 81.8 cm³/mol. The average Bonchev–Trinajstić information content (AvgIpc) is 3.14. The van der Waals surface area contributed by atoms with Crippen LogP contribution < -0.4 is 5.32 Å². The standard InChI is InChI=1S/C16H23BrFN/c1-11(2)16(3,10-19-14-6-7-14)9-12-4-5-13(18)8-15(12)17/h4-5,8,11,14,19H,6-7,9-10H2,1-3H3. The number of hydrogen-bond acceptors (Lipinski definition) is 1. The molecule has 0 heterocycles. The molecule has 1 fully saturated rings. The Balaban J connectivity index is 2.09. The van der Waals surface area contributed by atoms with Crippen molar-refractivity contribution in [2.24, 2.45) is 11.3 Å².